The van der Waals surface area contributed by atoms with Gasteiger partial charge < -0.3 is 20.2 Å². The number of esters is 1. The molecule has 1 heterocycles. The third-order valence-corrected chi connectivity index (χ3v) is 7.93. The number of ether oxygens (including phenoxy) is 1. The van der Waals surface area contributed by atoms with Crippen LogP contribution in [0.2, 0.25) is 0 Å². The van der Waals surface area contributed by atoms with Crippen molar-refractivity contribution in [3.05, 3.63) is 96.0 Å². The number of halogens is 2. The minimum Gasteiger partial charge on any atom is -0.448 e. The summed E-state index contributed by atoms with van der Waals surface area (Å²) in [6, 6.07) is 16.2. The predicted molar refractivity (Wildman–Crippen MR) is 164 cm³/mol. The van der Waals surface area contributed by atoms with Crippen LogP contribution in [0.25, 0.3) is 22.5 Å². The lowest BCUT2D eigenvalue weighted by Crippen LogP contribution is -2.47. The van der Waals surface area contributed by atoms with Gasteiger partial charge in [-0.1, -0.05) is 44.5 Å². The third kappa shape index (κ3) is 8.73. The number of nitrogens with zero attached hydrogens (tertiary/aromatic N) is 1. The monoisotopic (exact) mass is 608 g/mol. The van der Waals surface area contributed by atoms with Crippen LogP contribution in [0.4, 0.5) is 14.5 Å². The number of amides is 1. The molecule has 1 aromatic heterocycles. The zero-order chi connectivity index (χ0) is 30.8. The topological polar surface area (TPSA) is 119 Å². The Kier molecular flexibility index (Phi) is 11.0. The Morgan fingerprint density at radius 2 is 1.79 bits per heavy atom. The van der Waals surface area contributed by atoms with Crippen LogP contribution < -0.4 is 16.4 Å². The molecular formula is C32H34F2N4O4S. The van der Waals surface area contributed by atoms with Crippen molar-refractivity contribution in [3.8, 4) is 22.5 Å². The van der Waals surface area contributed by atoms with Crippen molar-refractivity contribution in [1.82, 2.24) is 10.3 Å². The highest BCUT2D eigenvalue weighted by atomic mass is 32.2. The summed E-state index contributed by atoms with van der Waals surface area (Å²) in [5, 5.41) is 5.86. The number of anilines is 1. The number of rotatable bonds is 14. The van der Waals surface area contributed by atoms with Gasteiger partial charge >= 0.3 is 5.97 Å². The van der Waals surface area contributed by atoms with Crippen molar-refractivity contribution in [3.63, 3.8) is 0 Å². The molecule has 4 rings (SSSR count). The normalized spacial score (nSPS) is 12.5. The Bertz CT molecular complexity index is 1530. The molecule has 1 amide bonds. The number of oxazole rings is 1. The highest BCUT2D eigenvalue weighted by Gasteiger charge is 2.36. The Hall–Kier alpha value is -4.06. The molecule has 4 N–H and O–H groups in total. The second-order valence-corrected chi connectivity index (χ2v) is 11.2. The van der Waals surface area contributed by atoms with Gasteiger partial charge in [0.15, 0.2) is 17.0 Å². The first-order chi connectivity index (χ1) is 20.7. The molecule has 0 aliphatic heterocycles. The van der Waals surface area contributed by atoms with Crippen LogP contribution in [-0.2, 0) is 27.3 Å². The van der Waals surface area contributed by atoms with Crippen molar-refractivity contribution in [2.45, 2.75) is 44.5 Å². The molecule has 3 aromatic carbocycles. The van der Waals surface area contributed by atoms with Gasteiger partial charge in [-0.05, 0) is 65.4 Å². The van der Waals surface area contributed by atoms with Crippen LogP contribution in [0.3, 0.4) is 0 Å². The summed E-state index contributed by atoms with van der Waals surface area (Å²) in [7, 11) is 0. The fraction of sp³-hybridized carbons (Fsp3) is 0.281. The van der Waals surface area contributed by atoms with Crippen LogP contribution in [0.15, 0.2) is 77.7 Å². The predicted octanol–water partition coefficient (Wildman–Crippen LogP) is 6.27. The lowest BCUT2D eigenvalue weighted by atomic mass is 9.97. The Balaban J connectivity index is 1.39. The maximum atomic E-state index is 14.0. The highest BCUT2D eigenvalue weighted by Crippen LogP contribution is 2.35. The van der Waals surface area contributed by atoms with Crippen molar-refractivity contribution in [2.75, 3.05) is 17.8 Å². The fourth-order valence-electron chi connectivity index (χ4n) is 4.52. The first-order valence-corrected chi connectivity index (χ1v) is 14.9. The van der Waals surface area contributed by atoms with E-state index in [2.05, 4.69) is 34.7 Å². The first-order valence-electron chi connectivity index (χ1n) is 13.9. The SMILES string of the molecule is CCC[C@](N)(SCC(=O)Nc1ccc(-c2cnco2)c(-c2cc(F)cc(F)c2)c1)C(=O)OCNCc1cccc(CC)c1. The van der Waals surface area contributed by atoms with Crippen molar-refractivity contribution in [1.29, 1.82) is 0 Å². The van der Waals surface area contributed by atoms with E-state index in [1.807, 2.05) is 19.1 Å². The highest BCUT2D eigenvalue weighted by molar-refractivity contribution is 8.02. The molecule has 0 aliphatic carbocycles. The van der Waals surface area contributed by atoms with E-state index in [9.17, 15) is 18.4 Å². The molecule has 4 aromatic rings. The standard InChI is InChI=1S/C32H34F2N4O4S/c1-3-10-32(35,31(40)42-20-36-16-22-7-5-6-21(4-2)11-22)43-18-30(39)38-26-8-9-27(29-17-37-19-41-29)28(15-26)23-12-24(33)14-25(34)13-23/h5-9,11-15,17,19,36H,3-4,10,16,18,20,35H2,1-2H3,(H,38,39)/t32-/m0/s1. The maximum Gasteiger partial charge on any atom is 0.337 e. The van der Waals surface area contributed by atoms with Gasteiger partial charge in [-0.3, -0.25) is 10.1 Å². The number of carbonyl (C=O) groups is 2. The molecule has 0 saturated carbocycles. The van der Waals surface area contributed by atoms with Crippen molar-refractivity contribution >= 4 is 29.3 Å². The second kappa shape index (κ2) is 14.9. The van der Waals surface area contributed by atoms with E-state index < -0.39 is 28.4 Å². The Morgan fingerprint density at radius 3 is 2.49 bits per heavy atom. The van der Waals surface area contributed by atoms with Crippen LogP contribution in [0.1, 0.15) is 37.8 Å². The first kappa shape index (κ1) is 31.9. The third-order valence-electron chi connectivity index (χ3n) is 6.64. The van der Waals surface area contributed by atoms with Gasteiger partial charge in [0.1, 0.15) is 18.4 Å². The van der Waals surface area contributed by atoms with Gasteiger partial charge in [-0.2, -0.15) is 0 Å². The van der Waals surface area contributed by atoms with Crippen LogP contribution in [0, 0.1) is 11.6 Å². The van der Waals surface area contributed by atoms with Gasteiger partial charge in [0.05, 0.1) is 11.9 Å². The molecule has 0 spiro atoms. The van der Waals surface area contributed by atoms with Crippen LogP contribution in [-0.4, -0.2) is 34.2 Å². The molecule has 0 aliphatic rings. The summed E-state index contributed by atoms with van der Waals surface area (Å²) >= 11 is 0.990. The lowest BCUT2D eigenvalue weighted by Gasteiger charge is -2.26. The number of benzene rings is 3. The molecule has 43 heavy (non-hydrogen) atoms. The summed E-state index contributed by atoms with van der Waals surface area (Å²) in [5.74, 6) is -2.26. The van der Waals surface area contributed by atoms with E-state index in [1.165, 1.54) is 30.3 Å². The molecule has 0 fully saturated rings. The summed E-state index contributed by atoms with van der Waals surface area (Å²) in [6.07, 6.45) is 4.58. The second-order valence-electron chi connectivity index (χ2n) is 9.94. The number of aryl methyl sites for hydroxylation is 1. The largest absolute Gasteiger partial charge is 0.448 e. The van der Waals surface area contributed by atoms with E-state index in [0.717, 1.165) is 29.8 Å². The zero-order valence-corrected chi connectivity index (χ0v) is 24.8. The van der Waals surface area contributed by atoms with Crippen LogP contribution >= 0.6 is 11.8 Å². The van der Waals surface area contributed by atoms with Crippen molar-refractivity contribution in [2.24, 2.45) is 5.73 Å². The summed E-state index contributed by atoms with van der Waals surface area (Å²) in [5.41, 5.74) is 10.3. The summed E-state index contributed by atoms with van der Waals surface area (Å²) < 4.78 is 38.9. The average Bonchev–Trinajstić information content (AvgIpc) is 3.53. The molecule has 0 saturated heterocycles. The smallest absolute Gasteiger partial charge is 0.337 e. The minimum atomic E-state index is -1.42. The van der Waals surface area contributed by atoms with E-state index in [4.69, 9.17) is 14.9 Å². The van der Waals surface area contributed by atoms with E-state index in [0.29, 0.717) is 42.0 Å². The molecule has 0 bridgehead atoms. The van der Waals surface area contributed by atoms with Gasteiger partial charge in [0.2, 0.25) is 5.91 Å². The number of carbonyl (C=O) groups excluding carboxylic acids is 2. The number of aromatic nitrogens is 1. The average molecular weight is 609 g/mol. The van der Waals surface area contributed by atoms with E-state index in [-0.39, 0.29) is 18.0 Å². The molecule has 8 nitrogen and oxygen atoms in total. The van der Waals surface area contributed by atoms with E-state index in [1.54, 1.807) is 18.2 Å². The van der Waals surface area contributed by atoms with Gasteiger partial charge in [-0.15, -0.1) is 11.8 Å². The Morgan fingerprint density at radius 1 is 1.02 bits per heavy atom. The van der Waals surface area contributed by atoms with Gasteiger partial charge in [-0.25, -0.2) is 18.6 Å². The molecular weight excluding hydrogens is 574 g/mol. The Labute approximate surface area is 253 Å². The fourth-order valence-corrected chi connectivity index (χ4v) is 5.51. The quantitative estimate of drug-likeness (QED) is 0.0871. The van der Waals surface area contributed by atoms with Crippen LogP contribution in [0.5, 0.6) is 0 Å². The van der Waals surface area contributed by atoms with E-state index >= 15 is 0 Å². The molecule has 226 valence electrons. The molecule has 0 unspecified atom stereocenters. The number of nitrogens with two attached hydrogens (primary N) is 1. The molecule has 0 radical (unpaired) electrons. The number of thioether (sulfide) groups is 1. The van der Waals surface area contributed by atoms with Crippen molar-refractivity contribution < 1.29 is 27.5 Å². The van der Waals surface area contributed by atoms with Gasteiger partial charge in [0, 0.05) is 23.9 Å². The maximum absolute atomic E-state index is 14.0. The minimum absolute atomic E-state index is 0.0222. The molecule has 11 heteroatoms. The number of hydrogen-bond acceptors (Lipinski definition) is 8. The summed E-state index contributed by atoms with van der Waals surface area (Å²) in [6.45, 7) is 4.48. The number of hydrogen-bond donors (Lipinski definition) is 3. The summed E-state index contributed by atoms with van der Waals surface area (Å²) in [4.78, 5) is 28.4. The zero-order valence-electron chi connectivity index (χ0n) is 24.0. The molecule has 1 atom stereocenters. The van der Waals surface area contributed by atoms with Gasteiger partial charge in [0.25, 0.3) is 0 Å². The lowest BCUT2D eigenvalue weighted by molar-refractivity contribution is -0.147. The number of nitrogens with one attached hydrogen (secondary N) is 2.